The Hall–Kier alpha value is -0.990. The number of ether oxygens (including phenoxy) is 1. The minimum absolute atomic E-state index is 0.416. The van der Waals surface area contributed by atoms with Crippen LogP contribution in [0, 0.1) is 0 Å². The highest BCUT2D eigenvalue weighted by molar-refractivity contribution is 5.71. The molecule has 0 aromatic carbocycles. The maximum absolute atomic E-state index is 5.03. The third-order valence-corrected chi connectivity index (χ3v) is 1.52. The Morgan fingerprint density at radius 2 is 2.64 bits per heavy atom. The van der Waals surface area contributed by atoms with Crippen LogP contribution in [-0.4, -0.2) is 24.2 Å². The Bertz CT molecular complexity index is 175. The molecule has 3 nitrogen and oxygen atoms in total. The number of hydrogen-bond donors (Lipinski definition) is 0. The van der Waals surface area contributed by atoms with Crippen molar-refractivity contribution in [3.8, 4) is 0 Å². The van der Waals surface area contributed by atoms with Gasteiger partial charge in [-0.3, -0.25) is 4.68 Å². The lowest BCUT2D eigenvalue weighted by Gasteiger charge is -2.22. The van der Waals surface area contributed by atoms with Crippen molar-refractivity contribution in [3.63, 3.8) is 0 Å². The number of nitrogens with zero attached hydrogens (tertiary/aromatic N) is 2. The molecule has 0 radical (unpaired) electrons. The molecule has 0 saturated heterocycles. The minimum Gasteiger partial charge on any atom is -0.502 e. The molecule has 1 heterocycles. The Morgan fingerprint density at radius 3 is 3.27 bits per heavy atom. The van der Waals surface area contributed by atoms with Crippen LogP contribution < -0.4 is 0 Å². The topological polar surface area (TPSA) is 26.3 Å². The van der Waals surface area contributed by atoms with Crippen LogP contribution in [0.3, 0.4) is 0 Å². The van der Waals surface area contributed by atoms with E-state index >= 15 is 0 Å². The van der Waals surface area contributed by atoms with E-state index in [0.29, 0.717) is 12.5 Å². The highest BCUT2D eigenvalue weighted by Gasteiger charge is 2.02. The van der Waals surface area contributed by atoms with E-state index in [-0.39, 0.29) is 0 Å². The molecule has 0 bridgehead atoms. The smallest absolute Gasteiger partial charge is 0.200 e. The van der Waals surface area contributed by atoms with E-state index in [0.717, 1.165) is 13.0 Å². The van der Waals surface area contributed by atoms with Gasteiger partial charge in [-0.15, -0.1) is 0 Å². The Morgan fingerprint density at radius 1 is 1.82 bits per heavy atom. The second-order valence-corrected chi connectivity index (χ2v) is 2.53. The van der Waals surface area contributed by atoms with Crippen LogP contribution in [0.1, 0.15) is 19.8 Å². The molecular formula is C8H14N2O. The van der Waals surface area contributed by atoms with Crippen LogP contribution in [0.15, 0.2) is 12.3 Å². The summed E-state index contributed by atoms with van der Waals surface area (Å²) in [5.74, 6) is 0.705. The Kier molecular flexibility index (Phi) is 2.95. The molecule has 0 N–H and O–H groups in total. The summed E-state index contributed by atoms with van der Waals surface area (Å²) in [6.45, 7) is 7.24. The zero-order valence-electron chi connectivity index (χ0n) is 6.92. The van der Waals surface area contributed by atoms with Crippen LogP contribution >= 0.6 is 0 Å². The molecule has 0 fully saturated rings. The van der Waals surface area contributed by atoms with Gasteiger partial charge in [-0.2, -0.15) is 0 Å². The fraction of sp³-hybridized carbons (Fsp3) is 0.625. The predicted octanol–water partition coefficient (Wildman–Crippen LogP) is 1.66. The molecule has 0 spiro atoms. The summed E-state index contributed by atoms with van der Waals surface area (Å²) in [7, 11) is 0. The summed E-state index contributed by atoms with van der Waals surface area (Å²) in [6, 6.07) is 0. The first-order chi connectivity index (χ1) is 5.33. The lowest BCUT2D eigenvalue weighted by atomic mass is 10.3. The third kappa shape index (κ3) is 2.62. The van der Waals surface area contributed by atoms with Gasteiger partial charge in [-0.1, -0.05) is 19.9 Å². The third-order valence-electron chi connectivity index (χ3n) is 1.52. The molecule has 1 rings (SSSR count). The quantitative estimate of drug-likeness (QED) is 0.568. The number of rotatable bonds is 3. The summed E-state index contributed by atoms with van der Waals surface area (Å²) < 4.78 is 6.93. The fourth-order valence-electron chi connectivity index (χ4n) is 0.886. The van der Waals surface area contributed by atoms with Crippen molar-refractivity contribution in [2.75, 3.05) is 13.3 Å². The standard InChI is InChI=1S/C8H14N2O/c1-3-4-5-10-6-8(2)11-7-9-10/h6H,2-5,7H2,1H3. The van der Waals surface area contributed by atoms with Crippen molar-refractivity contribution in [2.24, 2.45) is 0 Å². The van der Waals surface area contributed by atoms with E-state index in [1.54, 1.807) is 0 Å². The number of unbranched alkanes of at least 4 members (excludes halogenated alkanes) is 1. The predicted molar refractivity (Wildman–Crippen MR) is 44.6 cm³/mol. The molecule has 0 saturated carbocycles. The molecule has 62 valence electrons. The van der Waals surface area contributed by atoms with E-state index < -0.39 is 0 Å². The van der Waals surface area contributed by atoms with Crippen molar-refractivity contribution in [2.45, 2.75) is 19.8 Å². The van der Waals surface area contributed by atoms with Gasteiger partial charge in [0.2, 0.25) is 6.21 Å². The molecule has 1 aliphatic heterocycles. The first kappa shape index (κ1) is 8.11. The van der Waals surface area contributed by atoms with Gasteiger partial charge < -0.3 is 10.2 Å². The summed E-state index contributed by atoms with van der Waals surface area (Å²) in [5, 5.41) is 0. The maximum Gasteiger partial charge on any atom is 0.200 e. The number of allylic oxidation sites excluding steroid dienone is 1. The Labute approximate surface area is 67.3 Å². The van der Waals surface area contributed by atoms with Crippen LogP contribution in [0.5, 0.6) is 0 Å². The van der Waals surface area contributed by atoms with Crippen LogP contribution in [0.25, 0.3) is 5.43 Å². The van der Waals surface area contributed by atoms with Crippen molar-refractivity contribution in [1.29, 1.82) is 0 Å². The Balaban J connectivity index is 2.37. The van der Waals surface area contributed by atoms with E-state index in [4.69, 9.17) is 4.74 Å². The molecule has 11 heavy (non-hydrogen) atoms. The zero-order chi connectivity index (χ0) is 8.10. The van der Waals surface area contributed by atoms with Gasteiger partial charge in [0, 0.05) is 6.42 Å². The highest BCUT2D eigenvalue weighted by atomic mass is 16.5. The first-order valence-electron chi connectivity index (χ1n) is 3.93. The average molecular weight is 154 g/mol. The second-order valence-electron chi connectivity index (χ2n) is 2.53. The lowest BCUT2D eigenvalue weighted by Crippen LogP contribution is -2.18. The monoisotopic (exact) mass is 154 g/mol. The largest absolute Gasteiger partial charge is 0.502 e. The van der Waals surface area contributed by atoms with Gasteiger partial charge in [0.05, 0.1) is 6.73 Å². The van der Waals surface area contributed by atoms with E-state index in [9.17, 15) is 0 Å². The molecule has 0 unspecified atom stereocenters. The highest BCUT2D eigenvalue weighted by Crippen LogP contribution is 2.04. The summed E-state index contributed by atoms with van der Waals surface area (Å²) in [6.07, 6.45) is 4.18. The lowest BCUT2D eigenvalue weighted by molar-refractivity contribution is -0.484. The van der Waals surface area contributed by atoms with Gasteiger partial charge in [0.15, 0.2) is 5.76 Å². The fourth-order valence-corrected chi connectivity index (χ4v) is 0.886. The van der Waals surface area contributed by atoms with Crippen LogP contribution in [-0.2, 0) is 4.74 Å². The molecule has 0 aromatic heterocycles. The van der Waals surface area contributed by atoms with Crippen molar-refractivity contribution >= 4 is 6.21 Å². The molecule has 0 atom stereocenters. The van der Waals surface area contributed by atoms with E-state index in [2.05, 4.69) is 18.9 Å². The molecule has 3 heteroatoms. The molecular weight excluding hydrogens is 140 g/mol. The summed E-state index contributed by atoms with van der Waals surface area (Å²) in [5.41, 5.74) is 4.11. The van der Waals surface area contributed by atoms with Gasteiger partial charge in [-0.25, -0.2) is 0 Å². The van der Waals surface area contributed by atoms with E-state index in [1.165, 1.54) is 6.42 Å². The SMILES string of the molecule is C=C1C=[N+](CCCC)[N-]CO1. The van der Waals surface area contributed by atoms with Gasteiger partial charge in [0.25, 0.3) is 0 Å². The average Bonchev–Trinajstić information content (AvgIpc) is 2.01. The minimum atomic E-state index is 0.416. The van der Waals surface area contributed by atoms with Gasteiger partial charge >= 0.3 is 0 Å². The first-order valence-corrected chi connectivity index (χ1v) is 3.93. The summed E-state index contributed by atoms with van der Waals surface area (Å²) >= 11 is 0. The van der Waals surface area contributed by atoms with E-state index in [1.807, 2.05) is 10.9 Å². The molecule has 0 aliphatic carbocycles. The van der Waals surface area contributed by atoms with Crippen molar-refractivity contribution in [3.05, 3.63) is 17.8 Å². The van der Waals surface area contributed by atoms with Gasteiger partial charge in [-0.05, 0) is 0 Å². The van der Waals surface area contributed by atoms with Crippen molar-refractivity contribution in [1.82, 2.24) is 0 Å². The number of hydrogen-bond acceptors (Lipinski definition) is 1. The summed E-state index contributed by atoms with van der Waals surface area (Å²) in [4.78, 5) is 0. The maximum atomic E-state index is 5.03. The van der Waals surface area contributed by atoms with Crippen molar-refractivity contribution < 1.29 is 9.42 Å². The second kappa shape index (κ2) is 4.01. The zero-order valence-corrected chi connectivity index (χ0v) is 6.92. The molecule has 1 aliphatic rings. The van der Waals surface area contributed by atoms with Gasteiger partial charge in [0.1, 0.15) is 6.54 Å². The van der Waals surface area contributed by atoms with Crippen LogP contribution in [0.4, 0.5) is 0 Å². The van der Waals surface area contributed by atoms with Crippen LogP contribution in [0.2, 0.25) is 0 Å². The normalized spacial score (nSPS) is 16.8. The molecule has 0 amide bonds. The molecule has 0 aromatic rings.